The molecule has 164 valence electrons. The first kappa shape index (κ1) is 21.7. The van der Waals surface area contributed by atoms with Crippen LogP contribution in [0.3, 0.4) is 0 Å². The maximum atomic E-state index is 13.4. The number of aromatic nitrogens is 1. The molecule has 2 heterocycles. The van der Waals surface area contributed by atoms with Crippen molar-refractivity contribution in [2.75, 3.05) is 13.1 Å². The summed E-state index contributed by atoms with van der Waals surface area (Å²) in [4.78, 5) is 13.3. The lowest BCUT2D eigenvalue weighted by atomic mass is 10.1. The number of hydrogen-bond donors (Lipinski definition) is 0. The van der Waals surface area contributed by atoms with E-state index >= 15 is 0 Å². The lowest BCUT2D eigenvalue weighted by molar-refractivity contribution is -0.190. The van der Waals surface area contributed by atoms with E-state index in [2.05, 4.69) is 9.64 Å². The molecule has 2 aromatic carbocycles. The Morgan fingerprint density at radius 3 is 2.42 bits per heavy atom. The van der Waals surface area contributed by atoms with E-state index < -0.39 is 28.0 Å². The Bertz CT molecular complexity index is 1270. The summed E-state index contributed by atoms with van der Waals surface area (Å²) < 4.78 is 70.4. The number of carbonyl (C=O) groups is 1. The van der Waals surface area contributed by atoms with Gasteiger partial charge in [-0.15, -0.1) is 0 Å². The van der Waals surface area contributed by atoms with Crippen molar-refractivity contribution in [2.45, 2.75) is 24.0 Å². The van der Waals surface area contributed by atoms with Gasteiger partial charge in [-0.1, -0.05) is 35.9 Å². The quantitative estimate of drug-likeness (QED) is 0.520. The molecule has 31 heavy (non-hydrogen) atoms. The minimum absolute atomic E-state index is 0.0860. The largest absolute Gasteiger partial charge is 0.491 e. The summed E-state index contributed by atoms with van der Waals surface area (Å²) >= 11 is 6.05. The molecule has 4 rings (SSSR count). The lowest BCUT2D eigenvalue weighted by Gasteiger charge is -2.30. The molecule has 0 atom stereocenters. The van der Waals surface area contributed by atoms with Gasteiger partial charge >= 0.3 is 12.1 Å². The van der Waals surface area contributed by atoms with E-state index in [1.165, 1.54) is 30.3 Å². The first-order valence-corrected chi connectivity index (χ1v) is 11.1. The van der Waals surface area contributed by atoms with Gasteiger partial charge in [-0.2, -0.15) is 13.2 Å². The smallest absolute Gasteiger partial charge is 0.402 e. The van der Waals surface area contributed by atoms with E-state index in [-0.39, 0.29) is 15.4 Å². The second kappa shape index (κ2) is 7.85. The average Bonchev–Trinajstić information content (AvgIpc) is 3.03. The molecule has 0 unspecified atom stereocenters. The Kier molecular flexibility index (Phi) is 5.48. The van der Waals surface area contributed by atoms with Crippen LogP contribution in [0.5, 0.6) is 5.88 Å². The van der Waals surface area contributed by atoms with E-state index in [0.29, 0.717) is 21.5 Å². The third-order valence-electron chi connectivity index (χ3n) is 4.99. The van der Waals surface area contributed by atoms with Gasteiger partial charge in [-0.3, -0.25) is 4.90 Å². The number of hydrogen-bond acceptors (Lipinski definition) is 5. The van der Waals surface area contributed by atoms with Crippen LogP contribution in [-0.4, -0.2) is 42.5 Å². The van der Waals surface area contributed by atoms with Gasteiger partial charge < -0.3 is 4.74 Å². The van der Waals surface area contributed by atoms with Crippen molar-refractivity contribution >= 4 is 38.5 Å². The molecule has 0 N–H and O–H groups in total. The van der Waals surface area contributed by atoms with Crippen LogP contribution in [0.25, 0.3) is 10.9 Å². The number of benzene rings is 2. The van der Waals surface area contributed by atoms with Gasteiger partial charge in [0.1, 0.15) is 4.90 Å². The van der Waals surface area contributed by atoms with Crippen LogP contribution in [0.1, 0.15) is 12.0 Å². The number of esters is 1. The molecular formula is C20H16ClF3N2O4S. The zero-order valence-electron chi connectivity index (χ0n) is 15.9. The highest BCUT2D eigenvalue weighted by Gasteiger charge is 2.42. The van der Waals surface area contributed by atoms with Crippen molar-refractivity contribution in [3.8, 4) is 5.88 Å². The topological polar surface area (TPSA) is 68.6 Å². The molecule has 1 aromatic heterocycles. The van der Waals surface area contributed by atoms with Gasteiger partial charge in [0.25, 0.3) is 10.0 Å². The van der Waals surface area contributed by atoms with Crippen LogP contribution < -0.4 is 4.74 Å². The van der Waals surface area contributed by atoms with Crippen LogP contribution in [0.2, 0.25) is 5.02 Å². The average molecular weight is 473 g/mol. The zero-order valence-corrected chi connectivity index (χ0v) is 17.5. The predicted octanol–water partition coefficient (Wildman–Crippen LogP) is 4.21. The molecule has 0 radical (unpaired) electrons. The van der Waals surface area contributed by atoms with Gasteiger partial charge in [0.2, 0.25) is 5.88 Å². The van der Waals surface area contributed by atoms with Crippen molar-refractivity contribution in [3.05, 3.63) is 59.1 Å². The Morgan fingerprint density at radius 2 is 1.81 bits per heavy atom. The van der Waals surface area contributed by atoms with Gasteiger partial charge in [0.05, 0.1) is 10.5 Å². The maximum absolute atomic E-state index is 13.4. The minimum atomic E-state index is -5.30. The standard InChI is InChI=1S/C20H16ClF3N2O4S/c21-15-6-1-2-8-17(15)31(28,29)26-16-7-3-5-13(12-25-9-4-10-25)14(16)11-18(26)30-19(27)20(22,23)24/h1-3,5-8,11H,4,9-10,12H2. The second-order valence-electron chi connectivity index (χ2n) is 7.05. The number of rotatable bonds is 5. The molecule has 0 spiro atoms. The summed E-state index contributed by atoms with van der Waals surface area (Å²) in [6.45, 7) is 2.22. The van der Waals surface area contributed by atoms with E-state index in [4.69, 9.17) is 11.6 Å². The monoisotopic (exact) mass is 472 g/mol. The molecule has 11 heteroatoms. The van der Waals surface area contributed by atoms with Crippen LogP contribution in [0.15, 0.2) is 53.4 Å². The fourth-order valence-electron chi connectivity index (χ4n) is 3.39. The van der Waals surface area contributed by atoms with Crippen LogP contribution in [0.4, 0.5) is 13.2 Å². The maximum Gasteiger partial charge on any atom is 0.491 e. The first-order chi connectivity index (χ1) is 14.6. The Labute approximate surface area is 180 Å². The van der Waals surface area contributed by atoms with E-state index in [1.54, 1.807) is 12.1 Å². The number of halogens is 4. The highest BCUT2D eigenvalue weighted by Crippen LogP contribution is 2.36. The Morgan fingerprint density at radius 1 is 1.10 bits per heavy atom. The van der Waals surface area contributed by atoms with Gasteiger partial charge in [0.15, 0.2) is 0 Å². The van der Waals surface area contributed by atoms with E-state index in [1.807, 2.05) is 0 Å². The molecule has 6 nitrogen and oxygen atoms in total. The van der Waals surface area contributed by atoms with Crippen molar-refractivity contribution in [1.82, 2.24) is 8.87 Å². The Balaban J connectivity index is 1.93. The minimum Gasteiger partial charge on any atom is -0.402 e. The van der Waals surface area contributed by atoms with Crippen molar-refractivity contribution in [3.63, 3.8) is 0 Å². The van der Waals surface area contributed by atoms with E-state index in [0.717, 1.165) is 25.6 Å². The van der Waals surface area contributed by atoms with Crippen molar-refractivity contribution < 1.29 is 31.1 Å². The molecule has 1 aliphatic rings. The summed E-state index contributed by atoms with van der Waals surface area (Å²) in [5, 5.41) is 0.254. The molecule has 1 fully saturated rings. The third-order valence-corrected chi connectivity index (χ3v) is 7.20. The molecule has 0 bridgehead atoms. The normalized spacial score (nSPS) is 15.1. The Hall–Kier alpha value is -2.56. The van der Waals surface area contributed by atoms with Crippen molar-refractivity contribution in [1.29, 1.82) is 0 Å². The number of fused-ring (bicyclic) bond motifs is 1. The summed E-state index contributed by atoms with van der Waals surface area (Å²) in [5.41, 5.74) is 0.789. The molecule has 3 aromatic rings. The third kappa shape index (κ3) is 4.02. The number of carbonyl (C=O) groups excluding carboxylic acids is 1. The summed E-state index contributed by atoms with van der Waals surface area (Å²) in [6, 6.07) is 11.5. The van der Waals surface area contributed by atoms with Crippen molar-refractivity contribution in [2.24, 2.45) is 0 Å². The van der Waals surface area contributed by atoms with Crippen LogP contribution in [-0.2, 0) is 21.4 Å². The fourth-order valence-corrected chi connectivity index (χ4v) is 5.32. The van der Waals surface area contributed by atoms with E-state index in [9.17, 15) is 26.4 Å². The van der Waals surface area contributed by atoms with Gasteiger partial charge in [-0.25, -0.2) is 17.2 Å². The molecule has 1 saturated heterocycles. The SMILES string of the molecule is O=C(Oc1cc2c(CN3CCC3)cccc2n1S(=O)(=O)c1ccccc1Cl)C(F)(F)F. The molecule has 1 aliphatic heterocycles. The molecule has 0 amide bonds. The van der Waals surface area contributed by atoms with Crippen LogP contribution >= 0.6 is 11.6 Å². The number of alkyl halides is 3. The zero-order chi connectivity index (χ0) is 22.4. The first-order valence-electron chi connectivity index (χ1n) is 9.24. The predicted molar refractivity (Wildman–Crippen MR) is 108 cm³/mol. The molecular weight excluding hydrogens is 457 g/mol. The second-order valence-corrected chi connectivity index (χ2v) is 9.21. The highest BCUT2D eigenvalue weighted by atomic mass is 35.5. The number of nitrogens with zero attached hydrogens (tertiary/aromatic N) is 2. The number of likely N-dealkylation sites (tertiary alicyclic amines) is 1. The van der Waals surface area contributed by atoms with Gasteiger partial charge in [0, 0.05) is 18.0 Å². The van der Waals surface area contributed by atoms with Gasteiger partial charge in [-0.05, 0) is 43.3 Å². The number of ether oxygens (including phenoxy) is 1. The molecule has 0 saturated carbocycles. The van der Waals surface area contributed by atoms with Crippen LogP contribution in [0, 0.1) is 0 Å². The summed E-state index contributed by atoms with van der Waals surface area (Å²) in [6.07, 6.45) is -4.26. The fraction of sp³-hybridized carbons (Fsp3) is 0.250. The summed E-state index contributed by atoms with van der Waals surface area (Å²) in [5.74, 6) is -3.27. The molecule has 0 aliphatic carbocycles. The summed E-state index contributed by atoms with van der Waals surface area (Å²) in [7, 11) is -4.48. The lowest BCUT2D eigenvalue weighted by Crippen LogP contribution is -2.36. The highest BCUT2D eigenvalue weighted by molar-refractivity contribution is 7.90.